The fourth-order valence-electron chi connectivity index (χ4n) is 1.50. The van der Waals surface area contributed by atoms with Gasteiger partial charge in [-0.1, -0.05) is 23.4 Å². The van der Waals surface area contributed by atoms with Gasteiger partial charge in [-0.3, -0.25) is 0 Å². The number of nitrogens with zero attached hydrogens (tertiary/aromatic N) is 2. The third-order valence-electron chi connectivity index (χ3n) is 2.33. The van der Waals surface area contributed by atoms with Crippen molar-refractivity contribution in [3.63, 3.8) is 0 Å². The lowest BCUT2D eigenvalue weighted by atomic mass is 9.95. The summed E-state index contributed by atoms with van der Waals surface area (Å²) in [5, 5.41) is 12.6. The van der Waals surface area contributed by atoms with Gasteiger partial charge in [0.15, 0.2) is 0 Å². The third-order valence-corrected chi connectivity index (χ3v) is 2.33. The molecule has 0 aliphatic rings. The Morgan fingerprint density at radius 3 is 2.61 bits per heavy atom. The highest BCUT2D eigenvalue weighted by Gasteiger charge is 2.31. The van der Waals surface area contributed by atoms with Crippen LogP contribution in [0.3, 0.4) is 0 Å². The average Bonchev–Trinajstić information content (AvgIpc) is 2.29. The molecular weight excluding hydrogens is 245 g/mol. The van der Waals surface area contributed by atoms with Gasteiger partial charge in [0.25, 0.3) is 0 Å². The molecule has 1 atom stereocenters. The van der Waals surface area contributed by atoms with Crippen LogP contribution < -0.4 is 0 Å². The zero-order valence-corrected chi connectivity index (χ0v) is 9.82. The van der Waals surface area contributed by atoms with Crippen LogP contribution in [0.25, 0.3) is 0 Å². The summed E-state index contributed by atoms with van der Waals surface area (Å²) in [6.45, 7) is 1.53. The second kappa shape index (κ2) is 5.54. The number of rotatable bonds is 3. The van der Waals surface area contributed by atoms with Crippen molar-refractivity contribution >= 4 is 5.71 Å². The third kappa shape index (κ3) is 3.23. The van der Waals surface area contributed by atoms with Gasteiger partial charge in [-0.15, -0.1) is 0 Å². The van der Waals surface area contributed by atoms with Crippen LogP contribution in [0.15, 0.2) is 29.4 Å². The van der Waals surface area contributed by atoms with Crippen LogP contribution in [0.5, 0.6) is 0 Å². The Morgan fingerprint density at radius 1 is 1.44 bits per heavy atom. The maximum absolute atomic E-state index is 12.5. The first-order valence-electron chi connectivity index (χ1n) is 5.04. The molecule has 0 bridgehead atoms. The average molecular weight is 256 g/mol. The molecule has 1 unspecified atom stereocenters. The van der Waals surface area contributed by atoms with E-state index in [0.29, 0.717) is 5.71 Å². The molecule has 1 aromatic rings. The molecule has 0 saturated carbocycles. The smallest absolute Gasteiger partial charge is 0.399 e. The highest BCUT2D eigenvalue weighted by atomic mass is 19.4. The van der Waals surface area contributed by atoms with Gasteiger partial charge in [0.2, 0.25) is 0 Å². The molecule has 0 aliphatic carbocycles. The Hall–Kier alpha value is -2.03. The summed E-state index contributed by atoms with van der Waals surface area (Å²) in [4.78, 5) is 4.52. The number of oxime groups is 1. The maximum atomic E-state index is 12.5. The molecule has 1 rings (SSSR count). The molecule has 0 amide bonds. The summed E-state index contributed by atoms with van der Waals surface area (Å²) >= 11 is 0. The number of halogens is 3. The van der Waals surface area contributed by atoms with Crippen molar-refractivity contribution in [2.45, 2.75) is 19.0 Å². The summed E-state index contributed by atoms with van der Waals surface area (Å²) in [7, 11) is 1.31. The fraction of sp³-hybridized carbons (Fsp3) is 0.333. The van der Waals surface area contributed by atoms with Crippen molar-refractivity contribution in [2.24, 2.45) is 5.16 Å². The molecule has 0 fully saturated rings. The Bertz CT molecular complexity index is 489. The van der Waals surface area contributed by atoms with Crippen LogP contribution in [-0.4, -0.2) is 12.8 Å². The molecular formula is C12H11F3N2O. The molecule has 1 aromatic carbocycles. The predicted octanol–water partition coefficient (Wildman–Crippen LogP) is 3.33. The molecule has 0 N–H and O–H groups in total. The van der Waals surface area contributed by atoms with E-state index in [1.165, 1.54) is 26.2 Å². The molecule has 0 radical (unpaired) electrons. The first-order chi connectivity index (χ1) is 8.40. The van der Waals surface area contributed by atoms with E-state index >= 15 is 0 Å². The molecule has 0 saturated heterocycles. The van der Waals surface area contributed by atoms with Crippen molar-refractivity contribution in [3.05, 3.63) is 35.4 Å². The number of nitriles is 1. The summed E-state index contributed by atoms with van der Waals surface area (Å²) in [5.41, 5.74) is -0.240. The summed E-state index contributed by atoms with van der Waals surface area (Å²) in [6.07, 6.45) is -4.43. The first-order valence-corrected chi connectivity index (χ1v) is 5.04. The second-order valence-corrected chi connectivity index (χ2v) is 3.60. The Morgan fingerprint density at radius 2 is 2.11 bits per heavy atom. The van der Waals surface area contributed by atoms with Crippen LogP contribution >= 0.6 is 0 Å². The van der Waals surface area contributed by atoms with Gasteiger partial charge in [-0.05, 0) is 18.6 Å². The lowest BCUT2D eigenvalue weighted by Gasteiger charge is -2.12. The summed E-state index contributed by atoms with van der Waals surface area (Å²) < 4.78 is 37.6. The molecule has 0 aromatic heterocycles. The first kappa shape index (κ1) is 14.0. The molecule has 0 spiro atoms. The minimum Gasteiger partial charge on any atom is -0.399 e. The topological polar surface area (TPSA) is 45.4 Å². The zero-order valence-electron chi connectivity index (χ0n) is 9.82. The van der Waals surface area contributed by atoms with Crippen LogP contribution in [0.2, 0.25) is 0 Å². The van der Waals surface area contributed by atoms with E-state index in [2.05, 4.69) is 9.99 Å². The van der Waals surface area contributed by atoms with Crippen LogP contribution in [0.1, 0.15) is 24.0 Å². The summed E-state index contributed by atoms with van der Waals surface area (Å²) in [6, 6.07) is 6.53. The molecule has 3 nitrogen and oxygen atoms in total. The van der Waals surface area contributed by atoms with Gasteiger partial charge in [-0.25, -0.2) is 0 Å². The van der Waals surface area contributed by atoms with Crippen LogP contribution in [0.4, 0.5) is 13.2 Å². The number of alkyl halides is 3. The van der Waals surface area contributed by atoms with E-state index in [1.54, 1.807) is 0 Å². The largest absolute Gasteiger partial charge is 0.416 e. The SMILES string of the molecule is CO/N=C(\C)C(C#N)c1cccc(C(F)(F)F)c1. The minimum atomic E-state index is -4.43. The van der Waals surface area contributed by atoms with Gasteiger partial charge in [-0.2, -0.15) is 18.4 Å². The molecule has 96 valence electrons. The number of hydrogen-bond donors (Lipinski definition) is 0. The lowest BCUT2D eigenvalue weighted by Crippen LogP contribution is -2.10. The Labute approximate surface area is 102 Å². The van der Waals surface area contributed by atoms with Crippen LogP contribution in [0, 0.1) is 11.3 Å². The lowest BCUT2D eigenvalue weighted by molar-refractivity contribution is -0.137. The van der Waals surface area contributed by atoms with Crippen molar-refractivity contribution in [3.8, 4) is 6.07 Å². The maximum Gasteiger partial charge on any atom is 0.416 e. The number of benzene rings is 1. The quantitative estimate of drug-likeness (QED) is 0.615. The van der Waals surface area contributed by atoms with E-state index in [4.69, 9.17) is 5.26 Å². The van der Waals surface area contributed by atoms with E-state index in [0.717, 1.165) is 12.1 Å². The normalized spacial score (nSPS) is 13.9. The Balaban J connectivity index is 3.17. The van der Waals surface area contributed by atoms with E-state index in [1.807, 2.05) is 6.07 Å². The fourth-order valence-corrected chi connectivity index (χ4v) is 1.50. The second-order valence-electron chi connectivity index (χ2n) is 3.60. The predicted molar refractivity (Wildman–Crippen MR) is 59.9 cm³/mol. The Kier molecular flexibility index (Phi) is 4.32. The van der Waals surface area contributed by atoms with E-state index in [9.17, 15) is 13.2 Å². The minimum absolute atomic E-state index is 0.241. The molecule has 6 heteroatoms. The number of hydrogen-bond acceptors (Lipinski definition) is 3. The van der Waals surface area contributed by atoms with Crippen molar-refractivity contribution < 1.29 is 18.0 Å². The highest BCUT2D eigenvalue weighted by Crippen LogP contribution is 2.31. The molecule has 0 heterocycles. The van der Waals surface area contributed by atoms with Gasteiger partial charge >= 0.3 is 6.18 Å². The zero-order chi connectivity index (χ0) is 13.8. The van der Waals surface area contributed by atoms with Gasteiger partial charge < -0.3 is 4.84 Å². The summed E-state index contributed by atoms with van der Waals surface area (Å²) in [5.74, 6) is -0.854. The molecule has 18 heavy (non-hydrogen) atoms. The highest BCUT2D eigenvalue weighted by molar-refractivity contribution is 5.90. The van der Waals surface area contributed by atoms with Gasteiger partial charge in [0.05, 0.1) is 17.3 Å². The molecule has 0 aliphatic heterocycles. The van der Waals surface area contributed by atoms with Crippen molar-refractivity contribution in [1.82, 2.24) is 0 Å². The van der Waals surface area contributed by atoms with Crippen molar-refractivity contribution in [1.29, 1.82) is 5.26 Å². The van der Waals surface area contributed by atoms with E-state index < -0.39 is 17.7 Å². The van der Waals surface area contributed by atoms with Gasteiger partial charge in [0.1, 0.15) is 13.0 Å². The standard InChI is InChI=1S/C12H11F3N2O/c1-8(17-18-2)11(7-16)9-4-3-5-10(6-9)12(13,14)15/h3-6,11H,1-2H3/b17-8+. The van der Waals surface area contributed by atoms with Crippen molar-refractivity contribution in [2.75, 3.05) is 7.11 Å². The van der Waals surface area contributed by atoms with Crippen LogP contribution in [-0.2, 0) is 11.0 Å². The van der Waals surface area contributed by atoms with E-state index in [-0.39, 0.29) is 5.56 Å². The van der Waals surface area contributed by atoms with Gasteiger partial charge in [0, 0.05) is 0 Å². The monoisotopic (exact) mass is 256 g/mol.